The minimum absolute atomic E-state index is 0.0758. The molecule has 1 aliphatic heterocycles. The maximum Gasteiger partial charge on any atom is 0.227 e. The van der Waals surface area contributed by atoms with E-state index in [2.05, 4.69) is 28.5 Å². The van der Waals surface area contributed by atoms with Gasteiger partial charge in [-0.15, -0.1) is 0 Å². The van der Waals surface area contributed by atoms with Crippen molar-refractivity contribution in [1.82, 2.24) is 19.4 Å². The van der Waals surface area contributed by atoms with E-state index in [-0.39, 0.29) is 24.0 Å². The van der Waals surface area contributed by atoms with Crippen molar-refractivity contribution in [3.63, 3.8) is 0 Å². The second-order valence-electron chi connectivity index (χ2n) is 7.62. The second-order valence-corrected chi connectivity index (χ2v) is 7.62. The first-order valence-electron chi connectivity index (χ1n) is 9.75. The number of piperidine rings is 1. The number of hydrogen-bond donors (Lipinski definition) is 1. The summed E-state index contributed by atoms with van der Waals surface area (Å²) in [6.07, 6.45) is 7.30. The summed E-state index contributed by atoms with van der Waals surface area (Å²) in [4.78, 5) is 21.5. The fourth-order valence-electron chi connectivity index (χ4n) is 3.78. The number of likely N-dealkylation sites (tertiary alicyclic amines) is 1. The van der Waals surface area contributed by atoms with Gasteiger partial charge in [0.05, 0.1) is 6.42 Å². The first-order valence-corrected chi connectivity index (χ1v) is 9.75. The Hall–Kier alpha value is -2.34. The molecule has 1 amide bonds. The van der Waals surface area contributed by atoms with Crippen LogP contribution in [0, 0.1) is 0 Å². The number of benzene rings is 1. The monoisotopic (exact) mass is 370 g/mol. The number of amides is 1. The van der Waals surface area contributed by atoms with Gasteiger partial charge in [0.15, 0.2) is 0 Å². The predicted molar refractivity (Wildman–Crippen MR) is 106 cm³/mol. The summed E-state index contributed by atoms with van der Waals surface area (Å²) >= 11 is 0. The van der Waals surface area contributed by atoms with Gasteiger partial charge in [-0.1, -0.05) is 18.2 Å². The van der Waals surface area contributed by atoms with Crippen LogP contribution in [0.15, 0.2) is 36.7 Å². The second kappa shape index (κ2) is 9.04. The van der Waals surface area contributed by atoms with E-state index in [1.807, 2.05) is 29.4 Å². The van der Waals surface area contributed by atoms with Crippen molar-refractivity contribution in [3.05, 3.63) is 48.0 Å². The molecule has 2 aromatic rings. The van der Waals surface area contributed by atoms with E-state index in [4.69, 9.17) is 0 Å². The number of phenolic OH excluding ortho intramolecular Hbond substituents is 1. The number of para-hydroxylation sites is 1. The molecule has 6 nitrogen and oxygen atoms in total. The van der Waals surface area contributed by atoms with Gasteiger partial charge in [-0.3, -0.25) is 4.79 Å². The van der Waals surface area contributed by atoms with Crippen LogP contribution >= 0.6 is 0 Å². The van der Waals surface area contributed by atoms with Crippen LogP contribution in [0.25, 0.3) is 0 Å². The summed E-state index contributed by atoms with van der Waals surface area (Å²) < 4.78 is 2.24. The predicted octanol–water partition coefficient (Wildman–Crippen LogP) is 2.49. The standard InChI is InChI=1S/C21H30N4O2/c1-23(2)11-6-13-24-14-10-22-21(24)18-8-5-12-25(16-18)20(27)15-17-7-3-4-9-19(17)26/h3-4,7,9-10,14,18,26H,5-6,8,11-13,15-16H2,1-2H3. The highest BCUT2D eigenvalue weighted by Crippen LogP contribution is 2.27. The fourth-order valence-corrected chi connectivity index (χ4v) is 3.78. The molecule has 1 aromatic heterocycles. The van der Waals surface area contributed by atoms with Crippen molar-refractivity contribution in [2.24, 2.45) is 0 Å². The van der Waals surface area contributed by atoms with Crippen molar-refractivity contribution in [1.29, 1.82) is 0 Å². The van der Waals surface area contributed by atoms with Crippen LogP contribution in [-0.4, -0.2) is 64.1 Å². The van der Waals surface area contributed by atoms with E-state index in [1.165, 1.54) is 0 Å². The van der Waals surface area contributed by atoms with Crippen LogP contribution in [0.4, 0.5) is 0 Å². The van der Waals surface area contributed by atoms with E-state index in [0.29, 0.717) is 12.1 Å². The Morgan fingerprint density at radius 1 is 1.33 bits per heavy atom. The van der Waals surface area contributed by atoms with Crippen LogP contribution in [0.2, 0.25) is 0 Å². The highest BCUT2D eigenvalue weighted by molar-refractivity contribution is 5.79. The lowest BCUT2D eigenvalue weighted by atomic mass is 9.96. The Labute approximate surface area is 161 Å². The molecule has 0 radical (unpaired) electrons. The molecule has 0 saturated carbocycles. The van der Waals surface area contributed by atoms with Gasteiger partial charge in [-0.25, -0.2) is 4.98 Å². The van der Waals surface area contributed by atoms with Crippen LogP contribution in [0.1, 0.15) is 36.6 Å². The molecular formula is C21H30N4O2. The SMILES string of the molecule is CN(C)CCCn1ccnc1C1CCCN(C(=O)Cc2ccccc2O)C1. The molecule has 1 fully saturated rings. The summed E-state index contributed by atoms with van der Waals surface area (Å²) in [5.74, 6) is 1.64. The van der Waals surface area contributed by atoms with Gasteiger partial charge in [0.1, 0.15) is 11.6 Å². The summed E-state index contributed by atoms with van der Waals surface area (Å²) in [6.45, 7) is 3.49. The third kappa shape index (κ3) is 5.10. The van der Waals surface area contributed by atoms with Crippen molar-refractivity contribution in [2.75, 3.05) is 33.7 Å². The number of carbonyl (C=O) groups is 1. The number of nitrogens with zero attached hydrogens (tertiary/aromatic N) is 4. The summed E-state index contributed by atoms with van der Waals surface area (Å²) in [6, 6.07) is 7.07. The van der Waals surface area contributed by atoms with Crippen molar-refractivity contribution in [3.8, 4) is 5.75 Å². The van der Waals surface area contributed by atoms with Crippen LogP contribution in [-0.2, 0) is 17.8 Å². The third-order valence-corrected chi connectivity index (χ3v) is 5.22. The van der Waals surface area contributed by atoms with Crippen LogP contribution < -0.4 is 0 Å². The molecule has 1 saturated heterocycles. The largest absolute Gasteiger partial charge is 0.508 e. The minimum atomic E-state index is 0.0758. The van der Waals surface area contributed by atoms with E-state index < -0.39 is 0 Å². The van der Waals surface area contributed by atoms with Crippen LogP contribution in [0.5, 0.6) is 5.75 Å². The minimum Gasteiger partial charge on any atom is -0.508 e. The number of rotatable bonds is 7. The summed E-state index contributed by atoms with van der Waals surface area (Å²) in [5.41, 5.74) is 0.690. The molecule has 1 aliphatic rings. The van der Waals surface area contributed by atoms with E-state index >= 15 is 0 Å². The molecule has 0 spiro atoms. The molecule has 2 heterocycles. The third-order valence-electron chi connectivity index (χ3n) is 5.22. The van der Waals surface area contributed by atoms with Crippen molar-refractivity contribution in [2.45, 2.75) is 38.1 Å². The Kier molecular flexibility index (Phi) is 6.50. The van der Waals surface area contributed by atoms with E-state index in [9.17, 15) is 9.90 Å². The average Bonchev–Trinajstić information content (AvgIpc) is 3.12. The van der Waals surface area contributed by atoms with Gasteiger partial charge in [0.25, 0.3) is 0 Å². The van der Waals surface area contributed by atoms with Crippen molar-refractivity contribution < 1.29 is 9.90 Å². The van der Waals surface area contributed by atoms with Crippen molar-refractivity contribution >= 4 is 5.91 Å². The maximum atomic E-state index is 12.7. The van der Waals surface area contributed by atoms with Gasteiger partial charge < -0.3 is 19.5 Å². The molecule has 146 valence electrons. The number of aryl methyl sites for hydroxylation is 1. The molecule has 1 unspecified atom stereocenters. The molecule has 1 aromatic carbocycles. The first kappa shape index (κ1) is 19.4. The molecule has 1 N–H and O–H groups in total. The molecule has 3 rings (SSSR count). The molecule has 27 heavy (non-hydrogen) atoms. The number of aromatic nitrogens is 2. The topological polar surface area (TPSA) is 61.6 Å². The smallest absolute Gasteiger partial charge is 0.227 e. The zero-order chi connectivity index (χ0) is 19.2. The highest BCUT2D eigenvalue weighted by atomic mass is 16.3. The number of imidazole rings is 1. The van der Waals surface area contributed by atoms with Crippen LogP contribution in [0.3, 0.4) is 0 Å². The van der Waals surface area contributed by atoms with E-state index in [0.717, 1.165) is 44.7 Å². The molecule has 0 aliphatic carbocycles. The summed E-state index contributed by atoms with van der Waals surface area (Å²) in [7, 11) is 4.17. The zero-order valence-corrected chi connectivity index (χ0v) is 16.3. The lowest BCUT2D eigenvalue weighted by Gasteiger charge is -2.33. The Morgan fingerprint density at radius 2 is 2.15 bits per heavy atom. The van der Waals surface area contributed by atoms with Gasteiger partial charge in [0.2, 0.25) is 5.91 Å². The normalized spacial score (nSPS) is 17.4. The van der Waals surface area contributed by atoms with Gasteiger partial charge in [-0.05, 0) is 46.0 Å². The number of hydrogen-bond acceptors (Lipinski definition) is 4. The fraction of sp³-hybridized carbons (Fsp3) is 0.524. The first-order chi connectivity index (χ1) is 13.0. The van der Waals surface area contributed by atoms with Gasteiger partial charge in [-0.2, -0.15) is 0 Å². The highest BCUT2D eigenvalue weighted by Gasteiger charge is 2.27. The van der Waals surface area contributed by atoms with Gasteiger partial charge >= 0.3 is 0 Å². The summed E-state index contributed by atoms with van der Waals surface area (Å²) in [5, 5.41) is 9.93. The lowest BCUT2D eigenvalue weighted by Crippen LogP contribution is -2.40. The molecular weight excluding hydrogens is 340 g/mol. The molecule has 0 bridgehead atoms. The van der Waals surface area contributed by atoms with Gasteiger partial charge in [0, 0.05) is 43.5 Å². The quantitative estimate of drug-likeness (QED) is 0.813. The molecule has 1 atom stereocenters. The maximum absolute atomic E-state index is 12.7. The number of carbonyl (C=O) groups excluding carboxylic acids is 1. The Balaban J connectivity index is 1.62. The Morgan fingerprint density at radius 3 is 2.93 bits per heavy atom. The molecule has 6 heteroatoms. The number of phenols is 1. The lowest BCUT2D eigenvalue weighted by molar-refractivity contribution is -0.131. The van der Waals surface area contributed by atoms with E-state index in [1.54, 1.807) is 12.1 Å². The average molecular weight is 370 g/mol. The number of aromatic hydroxyl groups is 1. The Bertz CT molecular complexity index is 756. The zero-order valence-electron chi connectivity index (χ0n) is 16.3.